The van der Waals surface area contributed by atoms with Crippen LogP contribution in [0.5, 0.6) is 0 Å². The second-order valence-electron chi connectivity index (χ2n) is 2.75. The Morgan fingerprint density at radius 3 is 2.17 bits per heavy atom. The van der Waals surface area contributed by atoms with E-state index in [1.54, 1.807) is 0 Å². The standard InChI is InChI=1S/C8H12BrN3/c1-8(6-9)7-12(4-2-10)5-3-11/h8H,4-7H2,1H3. The van der Waals surface area contributed by atoms with Gasteiger partial charge in [-0.2, -0.15) is 10.5 Å². The highest BCUT2D eigenvalue weighted by Gasteiger charge is 2.07. The van der Waals surface area contributed by atoms with Crippen molar-refractivity contribution in [3.05, 3.63) is 0 Å². The quantitative estimate of drug-likeness (QED) is 0.529. The first kappa shape index (κ1) is 11.4. The number of alkyl halides is 1. The van der Waals surface area contributed by atoms with Gasteiger partial charge in [0.25, 0.3) is 0 Å². The summed E-state index contributed by atoms with van der Waals surface area (Å²) in [6.07, 6.45) is 0. The Labute approximate surface area is 81.7 Å². The van der Waals surface area contributed by atoms with E-state index in [1.165, 1.54) is 0 Å². The summed E-state index contributed by atoms with van der Waals surface area (Å²) in [7, 11) is 0. The van der Waals surface area contributed by atoms with Crippen LogP contribution in [0.4, 0.5) is 0 Å². The van der Waals surface area contributed by atoms with Crippen LogP contribution in [0.1, 0.15) is 6.92 Å². The van der Waals surface area contributed by atoms with Crippen LogP contribution in [0.3, 0.4) is 0 Å². The van der Waals surface area contributed by atoms with Crippen molar-refractivity contribution in [2.24, 2.45) is 5.92 Å². The van der Waals surface area contributed by atoms with Crippen molar-refractivity contribution in [1.29, 1.82) is 10.5 Å². The number of halogens is 1. The molecule has 0 spiro atoms. The van der Waals surface area contributed by atoms with Gasteiger partial charge in [-0.25, -0.2) is 0 Å². The van der Waals surface area contributed by atoms with Gasteiger partial charge in [0.2, 0.25) is 0 Å². The number of hydrogen-bond donors (Lipinski definition) is 0. The maximum absolute atomic E-state index is 8.44. The van der Waals surface area contributed by atoms with Crippen LogP contribution in [0.15, 0.2) is 0 Å². The first-order valence-corrected chi connectivity index (χ1v) is 4.89. The third-order valence-electron chi connectivity index (χ3n) is 1.42. The fraction of sp³-hybridized carbons (Fsp3) is 0.750. The van der Waals surface area contributed by atoms with E-state index in [-0.39, 0.29) is 0 Å². The Hall–Kier alpha value is -0.580. The van der Waals surface area contributed by atoms with Crippen molar-refractivity contribution in [3.8, 4) is 12.1 Å². The molecule has 0 saturated carbocycles. The lowest BCUT2D eigenvalue weighted by Crippen LogP contribution is -2.29. The predicted octanol–water partition coefficient (Wildman–Crippen LogP) is 1.37. The smallest absolute Gasteiger partial charge is 0.0874 e. The van der Waals surface area contributed by atoms with E-state index in [2.05, 4.69) is 22.9 Å². The van der Waals surface area contributed by atoms with Gasteiger partial charge in [-0.1, -0.05) is 22.9 Å². The van der Waals surface area contributed by atoms with Gasteiger partial charge in [0.05, 0.1) is 25.2 Å². The van der Waals surface area contributed by atoms with Gasteiger partial charge in [-0.3, -0.25) is 4.90 Å². The number of hydrogen-bond acceptors (Lipinski definition) is 3. The van der Waals surface area contributed by atoms with Crippen LogP contribution < -0.4 is 0 Å². The summed E-state index contributed by atoms with van der Waals surface area (Å²) in [6.45, 7) is 3.55. The third kappa shape index (κ3) is 5.12. The largest absolute Gasteiger partial charge is 0.277 e. The fourth-order valence-corrected chi connectivity index (χ4v) is 1.08. The lowest BCUT2D eigenvalue weighted by molar-refractivity contribution is 0.304. The van der Waals surface area contributed by atoms with Gasteiger partial charge < -0.3 is 0 Å². The Kier molecular flexibility index (Phi) is 6.75. The van der Waals surface area contributed by atoms with Crippen LogP contribution in [0.25, 0.3) is 0 Å². The van der Waals surface area contributed by atoms with Crippen LogP contribution in [0.2, 0.25) is 0 Å². The van der Waals surface area contributed by atoms with E-state index < -0.39 is 0 Å². The summed E-state index contributed by atoms with van der Waals surface area (Å²) in [5.74, 6) is 0.478. The van der Waals surface area contributed by atoms with Crippen LogP contribution in [-0.4, -0.2) is 29.9 Å². The van der Waals surface area contributed by atoms with Gasteiger partial charge in [-0.05, 0) is 5.92 Å². The molecular weight excluding hydrogens is 218 g/mol. The first-order chi connectivity index (χ1) is 5.74. The highest BCUT2D eigenvalue weighted by atomic mass is 79.9. The molecule has 12 heavy (non-hydrogen) atoms. The summed E-state index contributed by atoms with van der Waals surface area (Å²) in [5.41, 5.74) is 0. The average Bonchev–Trinajstić information content (AvgIpc) is 2.05. The topological polar surface area (TPSA) is 50.8 Å². The number of rotatable bonds is 5. The molecule has 0 bridgehead atoms. The van der Waals surface area contributed by atoms with Crippen molar-refractivity contribution in [1.82, 2.24) is 4.90 Å². The minimum absolute atomic E-state index is 0.338. The summed E-state index contributed by atoms with van der Waals surface area (Å²) in [6, 6.07) is 4.08. The van der Waals surface area contributed by atoms with Crippen LogP contribution >= 0.6 is 15.9 Å². The van der Waals surface area contributed by atoms with E-state index >= 15 is 0 Å². The van der Waals surface area contributed by atoms with Gasteiger partial charge >= 0.3 is 0 Å². The predicted molar refractivity (Wildman–Crippen MR) is 50.6 cm³/mol. The molecule has 0 saturated heterocycles. The molecule has 0 aliphatic rings. The lowest BCUT2D eigenvalue weighted by Gasteiger charge is -2.18. The molecule has 0 aromatic heterocycles. The molecule has 0 heterocycles. The summed E-state index contributed by atoms with van der Waals surface area (Å²) < 4.78 is 0. The molecule has 0 aliphatic carbocycles. The lowest BCUT2D eigenvalue weighted by atomic mass is 10.2. The zero-order valence-electron chi connectivity index (χ0n) is 7.13. The van der Waals surface area contributed by atoms with Gasteiger partial charge in [0.15, 0.2) is 0 Å². The van der Waals surface area contributed by atoms with Crippen molar-refractivity contribution in [2.45, 2.75) is 6.92 Å². The normalized spacial score (nSPS) is 12.1. The Balaban J connectivity index is 3.80. The third-order valence-corrected chi connectivity index (χ3v) is 2.53. The van der Waals surface area contributed by atoms with Gasteiger partial charge in [-0.15, -0.1) is 0 Å². The highest BCUT2D eigenvalue weighted by Crippen LogP contribution is 2.02. The zero-order valence-corrected chi connectivity index (χ0v) is 8.71. The van der Waals surface area contributed by atoms with Crippen LogP contribution in [0, 0.1) is 28.6 Å². The highest BCUT2D eigenvalue weighted by molar-refractivity contribution is 9.09. The molecule has 0 rings (SSSR count). The second-order valence-corrected chi connectivity index (χ2v) is 3.39. The molecule has 0 aromatic carbocycles. The van der Waals surface area contributed by atoms with E-state index in [0.717, 1.165) is 11.9 Å². The summed E-state index contributed by atoms with van der Waals surface area (Å²) in [4.78, 5) is 1.84. The van der Waals surface area contributed by atoms with E-state index in [0.29, 0.717) is 19.0 Å². The number of nitriles is 2. The molecule has 0 amide bonds. The summed E-state index contributed by atoms with van der Waals surface area (Å²) in [5, 5.41) is 17.8. The molecule has 1 unspecified atom stereocenters. The molecule has 0 N–H and O–H groups in total. The van der Waals surface area contributed by atoms with Crippen molar-refractivity contribution < 1.29 is 0 Å². The molecule has 0 aliphatic heterocycles. The zero-order chi connectivity index (χ0) is 9.40. The molecule has 66 valence electrons. The SMILES string of the molecule is CC(CBr)CN(CC#N)CC#N. The van der Waals surface area contributed by atoms with E-state index in [9.17, 15) is 0 Å². The van der Waals surface area contributed by atoms with Gasteiger partial charge in [0, 0.05) is 11.9 Å². The van der Waals surface area contributed by atoms with E-state index in [1.807, 2.05) is 17.0 Å². The molecule has 0 radical (unpaired) electrons. The van der Waals surface area contributed by atoms with Crippen LogP contribution in [-0.2, 0) is 0 Å². The monoisotopic (exact) mass is 229 g/mol. The summed E-state index contributed by atoms with van der Waals surface area (Å²) >= 11 is 3.35. The molecule has 0 fully saturated rings. The van der Waals surface area contributed by atoms with Gasteiger partial charge in [0.1, 0.15) is 0 Å². The maximum Gasteiger partial charge on any atom is 0.0874 e. The minimum atomic E-state index is 0.338. The molecule has 1 atom stereocenters. The van der Waals surface area contributed by atoms with Crippen molar-refractivity contribution in [2.75, 3.05) is 25.0 Å². The second kappa shape index (κ2) is 7.09. The fourth-order valence-electron chi connectivity index (χ4n) is 0.875. The Morgan fingerprint density at radius 2 is 1.83 bits per heavy atom. The first-order valence-electron chi connectivity index (χ1n) is 3.76. The maximum atomic E-state index is 8.44. The molecular formula is C8H12BrN3. The molecule has 3 nitrogen and oxygen atoms in total. The van der Waals surface area contributed by atoms with E-state index in [4.69, 9.17) is 10.5 Å². The van der Waals surface area contributed by atoms with Crippen molar-refractivity contribution >= 4 is 15.9 Å². The average molecular weight is 230 g/mol. The molecule has 4 heteroatoms. The molecule has 0 aromatic rings. The number of nitrogens with zero attached hydrogens (tertiary/aromatic N) is 3. The Morgan fingerprint density at radius 1 is 1.33 bits per heavy atom. The Bertz CT molecular complexity index is 175. The van der Waals surface area contributed by atoms with Crippen molar-refractivity contribution in [3.63, 3.8) is 0 Å². The minimum Gasteiger partial charge on any atom is -0.277 e.